The zero-order chi connectivity index (χ0) is 13.1. The Balaban J connectivity index is 0.00000180. The third-order valence-corrected chi connectivity index (χ3v) is 2.79. The minimum Gasteiger partial charge on any atom is -0.396 e. The molecule has 8 nitrogen and oxygen atoms in total. The molecule has 5 N–H and O–H groups in total. The van der Waals surface area contributed by atoms with Gasteiger partial charge in [-0.15, -0.1) is 0 Å². The Morgan fingerprint density at radius 3 is 2.74 bits per heavy atom. The van der Waals surface area contributed by atoms with E-state index in [4.69, 9.17) is 15.9 Å². The van der Waals surface area contributed by atoms with Crippen LogP contribution in [-0.2, 0) is 6.54 Å². The van der Waals surface area contributed by atoms with Gasteiger partial charge in [0.15, 0.2) is 11.2 Å². The molecule has 0 unspecified atom stereocenters. The number of rotatable bonds is 5. The quantitative estimate of drug-likeness (QED) is 0.482. The van der Waals surface area contributed by atoms with Crippen LogP contribution in [0.5, 0.6) is 0 Å². The molecule has 0 aliphatic carbocycles. The fourth-order valence-corrected chi connectivity index (χ4v) is 1.70. The van der Waals surface area contributed by atoms with E-state index in [1.807, 2.05) is 0 Å². The molecule has 0 aliphatic heterocycles. The van der Waals surface area contributed by atoms with Gasteiger partial charge in [0.1, 0.15) is 0 Å². The van der Waals surface area contributed by atoms with Gasteiger partial charge in [-0.1, -0.05) is 0 Å². The fourth-order valence-electron chi connectivity index (χ4n) is 1.70. The maximum Gasteiger partial charge on any atom is 0.280 e. The van der Waals surface area contributed by atoms with E-state index in [0.717, 1.165) is 0 Å². The van der Waals surface area contributed by atoms with E-state index in [-0.39, 0.29) is 65.7 Å². The zero-order valence-electron chi connectivity index (χ0n) is 10.7. The molecule has 9 heteroatoms. The summed E-state index contributed by atoms with van der Waals surface area (Å²) in [6.07, 6.45) is 2.06. The predicted octanol–water partition coefficient (Wildman–Crippen LogP) is -1.69. The summed E-state index contributed by atoms with van der Waals surface area (Å²) in [6.45, 7) is 0.330. The topological polar surface area (TPSA) is 130 Å². The average molecular weight is 276 g/mol. The van der Waals surface area contributed by atoms with Crippen LogP contribution in [0.15, 0.2) is 11.1 Å². The Bertz CT molecular complexity index is 592. The molecule has 0 saturated heterocycles. The van der Waals surface area contributed by atoms with Gasteiger partial charge in [-0.25, -0.2) is 4.98 Å². The maximum atomic E-state index is 11.5. The summed E-state index contributed by atoms with van der Waals surface area (Å²) in [6, 6.07) is 0. The molecule has 0 saturated carbocycles. The number of nitrogens with two attached hydrogens (primary N) is 1. The molecule has 0 amide bonds. The molecule has 2 aromatic rings. The van der Waals surface area contributed by atoms with Crippen molar-refractivity contribution in [2.45, 2.75) is 13.0 Å². The first kappa shape index (κ1) is 16.1. The molecule has 0 atom stereocenters. The third kappa shape index (κ3) is 3.54. The number of imidazole rings is 1. The summed E-state index contributed by atoms with van der Waals surface area (Å²) >= 11 is 0. The third-order valence-electron chi connectivity index (χ3n) is 2.79. The Hall–Kier alpha value is -0.930. The van der Waals surface area contributed by atoms with Crippen molar-refractivity contribution in [3.05, 3.63) is 16.7 Å². The number of aryl methyl sites for hydroxylation is 1. The molecular weight excluding hydrogens is 261 g/mol. The Morgan fingerprint density at radius 2 is 2.11 bits per heavy atom. The number of nitrogens with zero attached hydrogens (tertiary/aromatic N) is 3. The van der Waals surface area contributed by atoms with Crippen LogP contribution >= 0.6 is 0 Å². The number of aromatic amines is 1. The van der Waals surface area contributed by atoms with Crippen molar-refractivity contribution < 1.29 is 10.2 Å². The number of hydrogen-bond donors (Lipinski definition) is 4. The van der Waals surface area contributed by atoms with Gasteiger partial charge in [-0.2, -0.15) is 4.98 Å². The number of nitrogens with one attached hydrogen (secondary N) is 1. The van der Waals surface area contributed by atoms with Gasteiger partial charge >= 0.3 is 0 Å². The number of fused-ring (bicyclic) bond motifs is 1. The molecule has 0 aliphatic rings. The van der Waals surface area contributed by atoms with E-state index in [2.05, 4.69) is 15.0 Å². The maximum absolute atomic E-state index is 11.5. The van der Waals surface area contributed by atoms with Crippen LogP contribution in [0.4, 0.5) is 5.95 Å². The SMILES string of the molecule is Nc1nc2c(ncn2CCC(CO)CO)c(=O)[nH]1.[Na]. The first-order valence-corrected chi connectivity index (χ1v) is 5.58. The molecule has 0 bridgehead atoms. The second kappa shape index (κ2) is 7.01. The van der Waals surface area contributed by atoms with Crippen LogP contribution < -0.4 is 11.3 Å². The van der Waals surface area contributed by atoms with Gasteiger partial charge in [-0.05, 0) is 6.42 Å². The van der Waals surface area contributed by atoms with Crippen molar-refractivity contribution in [3.8, 4) is 0 Å². The van der Waals surface area contributed by atoms with Crippen LogP contribution in [-0.4, -0.2) is 72.5 Å². The Kier molecular flexibility index (Phi) is 5.95. The van der Waals surface area contributed by atoms with Crippen molar-refractivity contribution in [1.29, 1.82) is 0 Å². The number of H-pyrrole nitrogens is 1. The van der Waals surface area contributed by atoms with Gasteiger partial charge in [0.2, 0.25) is 5.95 Å². The van der Waals surface area contributed by atoms with Gasteiger partial charge in [0, 0.05) is 55.2 Å². The first-order valence-electron chi connectivity index (χ1n) is 5.58. The van der Waals surface area contributed by atoms with E-state index in [9.17, 15) is 4.79 Å². The molecule has 19 heavy (non-hydrogen) atoms. The molecule has 99 valence electrons. The van der Waals surface area contributed by atoms with Crippen LogP contribution in [0.3, 0.4) is 0 Å². The summed E-state index contributed by atoms with van der Waals surface area (Å²) in [5.41, 5.74) is 5.73. The Morgan fingerprint density at radius 1 is 1.42 bits per heavy atom. The minimum absolute atomic E-state index is 0. The molecule has 0 spiro atoms. The standard InChI is InChI=1S/C10H15N5O3.Na/c11-10-13-8-7(9(18)14-10)12-5-15(8)2-1-6(3-16)4-17;/h5-6,16-17H,1-4H2,(H3,11,13,14,18);. The van der Waals surface area contributed by atoms with Crippen molar-refractivity contribution in [2.24, 2.45) is 5.92 Å². The minimum atomic E-state index is -0.378. The summed E-state index contributed by atoms with van der Waals surface area (Å²) < 4.78 is 1.68. The van der Waals surface area contributed by atoms with Crippen molar-refractivity contribution in [1.82, 2.24) is 19.5 Å². The van der Waals surface area contributed by atoms with E-state index >= 15 is 0 Å². The van der Waals surface area contributed by atoms with Crippen molar-refractivity contribution in [3.63, 3.8) is 0 Å². The largest absolute Gasteiger partial charge is 0.396 e. The van der Waals surface area contributed by atoms with Crippen LogP contribution in [0.25, 0.3) is 11.2 Å². The second-order valence-corrected chi connectivity index (χ2v) is 4.08. The van der Waals surface area contributed by atoms with Gasteiger partial charge in [0.25, 0.3) is 5.56 Å². The molecule has 2 rings (SSSR count). The van der Waals surface area contributed by atoms with Crippen LogP contribution in [0, 0.1) is 5.92 Å². The smallest absolute Gasteiger partial charge is 0.280 e. The number of aliphatic hydroxyl groups excluding tert-OH is 2. The number of hydrogen-bond acceptors (Lipinski definition) is 6. The number of aliphatic hydroxyl groups is 2. The van der Waals surface area contributed by atoms with E-state index in [1.165, 1.54) is 6.33 Å². The monoisotopic (exact) mass is 276 g/mol. The summed E-state index contributed by atoms with van der Waals surface area (Å²) in [4.78, 5) is 21.9. The van der Waals surface area contributed by atoms with E-state index in [0.29, 0.717) is 18.6 Å². The fraction of sp³-hybridized carbons (Fsp3) is 0.500. The zero-order valence-corrected chi connectivity index (χ0v) is 12.7. The van der Waals surface area contributed by atoms with Crippen molar-refractivity contribution >= 4 is 46.7 Å². The van der Waals surface area contributed by atoms with E-state index in [1.54, 1.807) is 4.57 Å². The van der Waals surface area contributed by atoms with Crippen LogP contribution in [0.1, 0.15) is 6.42 Å². The summed E-state index contributed by atoms with van der Waals surface area (Å²) in [5, 5.41) is 18.0. The molecular formula is C10H15N5NaO3. The van der Waals surface area contributed by atoms with Crippen LogP contribution in [0.2, 0.25) is 0 Å². The number of aromatic nitrogens is 4. The average Bonchev–Trinajstić information content (AvgIpc) is 2.74. The molecule has 2 heterocycles. The van der Waals surface area contributed by atoms with E-state index < -0.39 is 0 Å². The van der Waals surface area contributed by atoms with Gasteiger partial charge < -0.3 is 20.5 Å². The molecule has 0 fully saturated rings. The predicted molar refractivity (Wildman–Crippen MR) is 70.6 cm³/mol. The number of nitrogen functional groups attached to an aromatic ring is 1. The number of anilines is 1. The first-order chi connectivity index (χ1) is 8.65. The Labute approximate surface area is 131 Å². The molecule has 2 aromatic heterocycles. The second-order valence-electron chi connectivity index (χ2n) is 4.08. The molecule has 0 aromatic carbocycles. The summed E-state index contributed by atoms with van der Waals surface area (Å²) in [5.74, 6) is -0.156. The summed E-state index contributed by atoms with van der Waals surface area (Å²) in [7, 11) is 0. The normalized spacial score (nSPS) is 10.9. The van der Waals surface area contributed by atoms with Crippen molar-refractivity contribution in [2.75, 3.05) is 18.9 Å². The van der Waals surface area contributed by atoms with Gasteiger partial charge in [-0.3, -0.25) is 9.78 Å². The van der Waals surface area contributed by atoms with Gasteiger partial charge in [0.05, 0.1) is 6.33 Å². The molecule has 1 radical (unpaired) electrons.